The van der Waals surface area contributed by atoms with Gasteiger partial charge in [0.15, 0.2) is 5.96 Å². The molecular formula is C15H21IN4O3. The summed E-state index contributed by atoms with van der Waals surface area (Å²) in [6.07, 6.45) is 1.54. The molecule has 0 fully saturated rings. The molecule has 2 aromatic rings. The Morgan fingerprint density at radius 1 is 1.17 bits per heavy atom. The highest BCUT2D eigenvalue weighted by Crippen LogP contribution is 2.24. The fraction of sp³-hybridized carbons (Fsp3) is 0.333. The minimum absolute atomic E-state index is 0. The molecule has 1 heterocycles. The van der Waals surface area contributed by atoms with Gasteiger partial charge in [0, 0.05) is 31.3 Å². The number of nitrogens with zero attached hydrogens (tertiary/aromatic N) is 2. The second kappa shape index (κ2) is 9.93. The number of benzene rings is 1. The van der Waals surface area contributed by atoms with E-state index < -0.39 is 0 Å². The van der Waals surface area contributed by atoms with Crippen molar-refractivity contribution in [3.63, 3.8) is 0 Å². The number of hydrogen-bond donors (Lipinski definition) is 2. The summed E-state index contributed by atoms with van der Waals surface area (Å²) in [5, 5.41) is 10.2. The van der Waals surface area contributed by atoms with Crippen LogP contribution in [0.1, 0.15) is 11.3 Å². The third-order valence-electron chi connectivity index (χ3n) is 3.09. The molecule has 0 aliphatic carbocycles. The van der Waals surface area contributed by atoms with Gasteiger partial charge in [-0.3, -0.25) is 4.99 Å². The zero-order valence-electron chi connectivity index (χ0n) is 13.3. The number of aliphatic imine (C=N–C) groups is 1. The molecule has 2 rings (SSSR count). The van der Waals surface area contributed by atoms with Crippen LogP contribution in [0.2, 0.25) is 0 Å². The number of nitrogens with one attached hydrogen (secondary N) is 2. The Morgan fingerprint density at radius 2 is 1.96 bits per heavy atom. The maximum absolute atomic E-state index is 5.37. The van der Waals surface area contributed by atoms with Gasteiger partial charge in [-0.1, -0.05) is 5.16 Å². The number of hydrogen-bond acceptors (Lipinski definition) is 5. The predicted octanol–water partition coefficient (Wildman–Crippen LogP) is 2.18. The van der Waals surface area contributed by atoms with Crippen LogP contribution >= 0.6 is 24.0 Å². The largest absolute Gasteiger partial charge is 0.497 e. The third kappa shape index (κ3) is 5.62. The Labute approximate surface area is 152 Å². The molecule has 1 aromatic carbocycles. The van der Waals surface area contributed by atoms with Gasteiger partial charge in [0.05, 0.1) is 20.8 Å². The molecule has 0 saturated carbocycles. The molecule has 0 atom stereocenters. The van der Waals surface area contributed by atoms with Gasteiger partial charge >= 0.3 is 0 Å². The van der Waals surface area contributed by atoms with Crippen molar-refractivity contribution < 1.29 is 14.0 Å². The molecule has 0 amide bonds. The fourth-order valence-electron chi connectivity index (χ4n) is 1.90. The van der Waals surface area contributed by atoms with Gasteiger partial charge in [-0.25, -0.2) is 0 Å². The van der Waals surface area contributed by atoms with Crippen molar-refractivity contribution >= 4 is 29.9 Å². The van der Waals surface area contributed by atoms with Crippen LogP contribution in [0.4, 0.5) is 0 Å². The molecule has 23 heavy (non-hydrogen) atoms. The van der Waals surface area contributed by atoms with Crippen LogP contribution in [0.5, 0.6) is 11.5 Å². The standard InChI is InChI=1S/C15H20N4O3.HI/c1-16-15(18-10-12-6-7-22-19-12)17-9-11-4-5-13(20-2)8-14(11)21-3;/h4-8H,9-10H2,1-3H3,(H2,16,17,18);1H. The second-order valence-corrected chi connectivity index (χ2v) is 4.45. The van der Waals surface area contributed by atoms with Crippen molar-refractivity contribution in [2.45, 2.75) is 13.1 Å². The minimum atomic E-state index is 0. The van der Waals surface area contributed by atoms with Crippen LogP contribution in [0.25, 0.3) is 0 Å². The van der Waals surface area contributed by atoms with Gasteiger partial charge in [0.1, 0.15) is 23.5 Å². The maximum Gasteiger partial charge on any atom is 0.191 e. The fourth-order valence-corrected chi connectivity index (χ4v) is 1.90. The monoisotopic (exact) mass is 432 g/mol. The van der Waals surface area contributed by atoms with E-state index in [1.807, 2.05) is 18.2 Å². The highest BCUT2D eigenvalue weighted by molar-refractivity contribution is 14.0. The number of halogens is 1. The van der Waals surface area contributed by atoms with Crippen LogP contribution in [-0.2, 0) is 13.1 Å². The van der Waals surface area contributed by atoms with E-state index in [0.717, 1.165) is 22.8 Å². The first-order valence-electron chi connectivity index (χ1n) is 6.81. The lowest BCUT2D eigenvalue weighted by molar-refractivity contribution is 0.390. The number of guanidine groups is 1. The van der Waals surface area contributed by atoms with Crippen molar-refractivity contribution in [1.82, 2.24) is 15.8 Å². The summed E-state index contributed by atoms with van der Waals surface area (Å²) in [5.74, 6) is 2.19. The van der Waals surface area contributed by atoms with Crippen molar-refractivity contribution in [3.8, 4) is 11.5 Å². The maximum atomic E-state index is 5.37. The van der Waals surface area contributed by atoms with E-state index >= 15 is 0 Å². The van der Waals surface area contributed by atoms with Crippen LogP contribution in [0.15, 0.2) is 40.0 Å². The molecule has 0 spiro atoms. The van der Waals surface area contributed by atoms with E-state index in [1.54, 1.807) is 27.3 Å². The van der Waals surface area contributed by atoms with Crippen LogP contribution in [0.3, 0.4) is 0 Å². The summed E-state index contributed by atoms with van der Waals surface area (Å²) in [5.41, 5.74) is 1.82. The molecule has 7 nitrogen and oxygen atoms in total. The van der Waals surface area contributed by atoms with Gasteiger partial charge in [0.25, 0.3) is 0 Å². The molecule has 0 saturated heterocycles. The summed E-state index contributed by atoms with van der Waals surface area (Å²) in [6.45, 7) is 1.11. The first-order chi connectivity index (χ1) is 10.8. The van der Waals surface area contributed by atoms with Crippen LogP contribution < -0.4 is 20.1 Å². The van der Waals surface area contributed by atoms with E-state index in [9.17, 15) is 0 Å². The van der Waals surface area contributed by atoms with Gasteiger partial charge in [0.2, 0.25) is 0 Å². The Hall–Kier alpha value is -1.97. The van der Waals surface area contributed by atoms with Crippen molar-refractivity contribution in [3.05, 3.63) is 41.8 Å². The molecule has 0 aliphatic heterocycles. The number of ether oxygens (including phenoxy) is 2. The van der Waals surface area contributed by atoms with E-state index in [1.165, 1.54) is 6.26 Å². The molecule has 1 aromatic heterocycles. The lowest BCUT2D eigenvalue weighted by Crippen LogP contribution is -2.36. The van der Waals surface area contributed by atoms with E-state index in [4.69, 9.17) is 14.0 Å². The normalized spacial score (nSPS) is 10.7. The van der Waals surface area contributed by atoms with Crippen molar-refractivity contribution in [2.24, 2.45) is 4.99 Å². The zero-order valence-corrected chi connectivity index (χ0v) is 15.7. The van der Waals surface area contributed by atoms with Crippen LogP contribution in [0, 0.1) is 0 Å². The van der Waals surface area contributed by atoms with E-state index in [-0.39, 0.29) is 24.0 Å². The Balaban J connectivity index is 0.00000264. The molecule has 0 radical (unpaired) electrons. The van der Waals surface area contributed by atoms with Crippen molar-refractivity contribution in [1.29, 1.82) is 0 Å². The lowest BCUT2D eigenvalue weighted by Gasteiger charge is -2.14. The smallest absolute Gasteiger partial charge is 0.191 e. The minimum Gasteiger partial charge on any atom is -0.497 e. The lowest BCUT2D eigenvalue weighted by atomic mass is 10.2. The summed E-state index contributed by atoms with van der Waals surface area (Å²) in [6, 6.07) is 7.50. The molecule has 0 aliphatic rings. The average Bonchev–Trinajstić information content (AvgIpc) is 3.08. The predicted molar refractivity (Wildman–Crippen MR) is 98.5 cm³/mol. The Kier molecular flexibility index (Phi) is 8.23. The average molecular weight is 432 g/mol. The third-order valence-corrected chi connectivity index (χ3v) is 3.09. The van der Waals surface area contributed by atoms with Gasteiger partial charge < -0.3 is 24.6 Å². The Morgan fingerprint density at radius 3 is 2.57 bits per heavy atom. The highest BCUT2D eigenvalue weighted by atomic mass is 127. The number of rotatable bonds is 6. The molecule has 126 valence electrons. The van der Waals surface area contributed by atoms with Crippen LogP contribution in [-0.4, -0.2) is 32.4 Å². The zero-order chi connectivity index (χ0) is 15.8. The molecule has 0 bridgehead atoms. The van der Waals surface area contributed by atoms with Gasteiger partial charge in [-0.15, -0.1) is 24.0 Å². The molecule has 0 unspecified atom stereocenters. The first kappa shape index (κ1) is 19.1. The molecular weight excluding hydrogens is 411 g/mol. The number of aromatic nitrogens is 1. The van der Waals surface area contributed by atoms with E-state index in [2.05, 4.69) is 20.8 Å². The van der Waals surface area contributed by atoms with Gasteiger partial charge in [-0.2, -0.15) is 0 Å². The van der Waals surface area contributed by atoms with E-state index in [0.29, 0.717) is 19.0 Å². The van der Waals surface area contributed by atoms with Gasteiger partial charge in [-0.05, 0) is 12.1 Å². The summed E-state index contributed by atoms with van der Waals surface area (Å²) < 4.78 is 15.3. The molecule has 8 heteroatoms. The molecule has 2 N–H and O–H groups in total. The second-order valence-electron chi connectivity index (χ2n) is 4.45. The SMILES string of the molecule is CN=C(NCc1ccon1)NCc1ccc(OC)cc1OC.I. The summed E-state index contributed by atoms with van der Waals surface area (Å²) in [7, 11) is 4.97. The number of methoxy groups -OCH3 is 2. The summed E-state index contributed by atoms with van der Waals surface area (Å²) >= 11 is 0. The topological polar surface area (TPSA) is 80.9 Å². The van der Waals surface area contributed by atoms with Crippen molar-refractivity contribution in [2.75, 3.05) is 21.3 Å². The highest BCUT2D eigenvalue weighted by Gasteiger charge is 2.06. The Bertz CT molecular complexity index is 617. The quantitative estimate of drug-likeness (QED) is 0.414. The first-order valence-corrected chi connectivity index (χ1v) is 6.81. The summed E-state index contributed by atoms with van der Waals surface area (Å²) in [4.78, 5) is 4.16.